The standard InChI is InChI=1S/C15H18FN3O3S/c1-19(15(14(18)20)6-2-3-7-15)23(21,22)10-12-8-11(9-17)4-5-13(12)16/h4-5,8H,2-3,6-7,10H2,1H3,(H2,18,20). The fourth-order valence-electron chi connectivity index (χ4n) is 2.99. The van der Waals surface area contributed by atoms with Gasteiger partial charge < -0.3 is 5.73 Å². The minimum atomic E-state index is -3.96. The lowest BCUT2D eigenvalue weighted by Gasteiger charge is -2.34. The van der Waals surface area contributed by atoms with Gasteiger partial charge in [0.15, 0.2) is 0 Å². The Hall–Kier alpha value is -1.98. The highest BCUT2D eigenvalue weighted by molar-refractivity contribution is 7.88. The Morgan fingerprint density at radius 3 is 2.57 bits per heavy atom. The van der Waals surface area contributed by atoms with E-state index in [1.807, 2.05) is 6.07 Å². The molecule has 1 aromatic rings. The van der Waals surface area contributed by atoms with Crippen molar-refractivity contribution in [3.05, 3.63) is 35.1 Å². The van der Waals surface area contributed by atoms with E-state index in [2.05, 4.69) is 0 Å². The van der Waals surface area contributed by atoms with Crippen LogP contribution in [-0.2, 0) is 20.6 Å². The van der Waals surface area contributed by atoms with E-state index in [1.54, 1.807) is 0 Å². The van der Waals surface area contributed by atoms with Gasteiger partial charge in [0.2, 0.25) is 15.9 Å². The highest BCUT2D eigenvalue weighted by Crippen LogP contribution is 2.36. The summed E-state index contributed by atoms with van der Waals surface area (Å²) in [7, 11) is -2.66. The second-order valence-corrected chi connectivity index (χ2v) is 7.74. The lowest BCUT2D eigenvalue weighted by Crippen LogP contribution is -2.56. The van der Waals surface area contributed by atoms with E-state index in [4.69, 9.17) is 11.0 Å². The maximum Gasteiger partial charge on any atom is 0.238 e. The fraction of sp³-hybridized carbons (Fsp3) is 0.467. The molecule has 1 saturated carbocycles. The van der Waals surface area contributed by atoms with Crippen LogP contribution >= 0.6 is 0 Å². The molecule has 0 unspecified atom stereocenters. The minimum absolute atomic E-state index is 0.103. The summed E-state index contributed by atoms with van der Waals surface area (Å²) >= 11 is 0. The van der Waals surface area contributed by atoms with E-state index < -0.39 is 33.0 Å². The normalized spacial score (nSPS) is 17.1. The number of halogens is 1. The van der Waals surface area contributed by atoms with E-state index in [0.29, 0.717) is 25.7 Å². The predicted molar refractivity (Wildman–Crippen MR) is 81.9 cm³/mol. The van der Waals surface area contributed by atoms with Gasteiger partial charge in [-0.2, -0.15) is 9.57 Å². The Bertz CT molecular complexity index is 765. The molecule has 0 spiro atoms. The number of primary amides is 1. The Morgan fingerprint density at radius 1 is 1.43 bits per heavy atom. The molecule has 0 bridgehead atoms. The van der Waals surface area contributed by atoms with Gasteiger partial charge in [-0.05, 0) is 31.0 Å². The summed E-state index contributed by atoms with van der Waals surface area (Å²) in [6.07, 6.45) is 2.14. The van der Waals surface area contributed by atoms with E-state index in [-0.39, 0.29) is 11.1 Å². The zero-order valence-corrected chi connectivity index (χ0v) is 13.6. The summed E-state index contributed by atoms with van der Waals surface area (Å²) in [5.41, 5.74) is 4.26. The highest BCUT2D eigenvalue weighted by atomic mass is 32.2. The van der Waals surface area contributed by atoms with Gasteiger partial charge in [-0.3, -0.25) is 4.79 Å². The van der Waals surface area contributed by atoms with Crippen molar-refractivity contribution >= 4 is 15.9 Å². The van der Waals surface area contributed by atoms with Gasteiger partial charge in [-0.15, -0.1) is 0 Å². The van der Waals surface area contributed by atoms with Crippen LogP contribution in [0.15, 0.2) is 18.2 Å². The van der Waals surface area contributed by atoms with Gasteiger partial charge >= 0.3 is 0 Å². The maximum absolute atomic E-state index is 13.8. The molecule has 0 atom stereocenters. The van der Waals surface area contributed by atoms with Crippen LogP contribution < -0.4 is 5.73 Å². The van der Waals surface area contributed by atoms with E-state index in [1.165, 1.54) is 19.2 Å². The van der Waals surface area contributed by atoms with Crippen LogP contribution in [0.5, 0.6) is 0 Å². The van der Waals surface area contributed by atoms with Crippen molar-refractivity contribution in [2.24, 2.45) is 5.73 Å². The summed E-state index contributed by atoms with van der Waals surface area (Å²) in [6.45, 7) is 0. The Labute approximate surface area is 134 Å². The smallest absolute Gasteiger partial charge is 0.238 e. The van der Waals surface area contributed by atoms with Crippen LogP contribution in [0.2, 0.25) is 0 Å². The van der Waals surface area contributed by atoms with Crippen LogP contribution in [0.25, 0.3) is 0 Å². The molecule has 23 heavy (non-hydrogen) atoms. The van der Waals surface area contributed by atoms with Crippen molar-refractivity contribution in [1.82, 2.24) is 4.31 Å². The van der Waals surface area contributed by atoms with Gasteiger partial charge in [-0.25, -0.2) is 12.8 Å². The summed E-state index contributed by atoms with van der Waals surface area (Å²) in [5, 5.41) is 8.85. The summed E-state index contributed by atoms with van der Waals surface area (Å²) in [6, 6.07) is 5.38. The molecular weight excluding hydrogens is 321 g/mol. The molecule has 1 aromatic carbocycles. The molecule has 1 aliphatic rings. The quantitative estimate of drug-likeness (QED) is 0.872. The SMILES string of the molecule is CN(C1(C(N)=O)CCCC1)S(=O)(=O)Cc1cc(C#N)ccc1F. The Morgan fingerprint density at radius 2 is 2.04 bits per heavy atom. The summed E-state index contributed by atoms with van der Waals surface area (Å²) in [4.78, 5) is 11.8. The van der Waals surface area contributed by atoms with E-state index in [9.17, 15) is 17.6 Å². The predicted octanol–water partition coefficient (Wildman–Crippen LogP) is 1.26. The monoisotopic (exact) mass is 339 g/mol. The number of rotatable bonds is 5. The van der Waals surface area contributed by atoms with Gasteiger partial charge in [0, 0.05) is 12.6 Å². The van der Waals surface area contributed by atoms with Crippen molar-refractivity contribution in [2.45, 2.75) is 37.0 Å². The molecule has 1 aliphatic carbocycles. The minimum Gasteiger partial charge on any atom is -0.368 e. The van der Waals surface area contributed by atoms with Crippen LogP contribution in [-0.4, -0.2) is 31.2 Å². The van der Waals surface area contributed by atoms with Gasteiger partial charge in [-0.1, -0.05) is 12.8 Å². The number of benzene rings is 1. The number of nitrogens with two attached hydrogens (primary N) is 1. The van der Waals surface area contributed by atoms with Crippen LogP contribution in [0, 0.1) is 17.1 Å². The third-order valence-electron chi connectivity index (χ3n) is 4.42. The second kappa shape index (κ2) is 6.26. The molecule has 2 N–H and O–H groups in total. The second-order valence-electron chi connectivity index (χ2n) is 5.74. The number of amides is 1. The Kier molecular flexibility index (Phi) is 4.73. The number of carbonyl (C=O) groups is 1. The van der Waals surface area contributed by atoms with Gasteiger partial charge in [0.05, 0.1) is 17.4 Å². The first-order chi connectivity index (χ1) is 10.7. The largest absolute Gasteiger partial charge is 0.368 e. The molecule has 0 saturated heterocycles. The summed E-state index contributed by atoms with van der Waals surface area (Å²) < 4.78 is 40.1. The molecule has 0 radical (unpaired) electrons. The van der Waals surface area contributed by atoms with Crippen LogP contribution in [0.3, 0.4) is 0 Å². The zero-order valence-electron chi connectivity index (χ0n) is 12.8. The van der Waals surface area contributed by atoms with Crippen molar-refractivity contribution in [1.29, 1.82) is 5.26 Å². The van der Waals surface area contributed by atoms with Crippen molar-refractivity contribution < 1.29 is 17.6 Å². The molecule has 0 aromatic heterocycles. The van der Waals surface area contributed by atoms with E-state index in [0.717, 1.165) is 10.4 Å². The van der Waals surface area contributed by atoms with Crippen LogP contribution in [0.1, 0.15) is 36.8 Å². The number of likely N-dealkylation sites (N-methyl/N-ethyl adjacent to an activating group) is 1. The number of carbonyl (C=O) groups excluding carboxylic acids is 1. The molecule has 1 amide bonds. The number of hydrogen-bond acceptors (Lipinski definition) is 4. The molecule has 124 valence electrons. The third kappa shape index (κ3) is 3.21. The lowest BCUT2D eigenvalue weighted by atomic mass is 9.97. The molecule has 0 aliphatic heterocycles. The average Bonchev–Trinajstić information content (AvgIpc) is 2.99. The maximum atomic E-state index is 13.8. The first-order valence-electron chi connectivity index (χ1n) is 7.18. The first kappa shape index (κ1) is 17.4. The number of sulfonamides is 1. The van der Waals surface area contributed by atoms with Gasteiger partial charge in [0.25, 0.3) is 0 Å². The fourth-order valence-corrected chi connectivity index (χ4v) is 4.60. The van der Waals surface area contributed by atoms with E-state index >= 15 is 0 Å². The third-order valence-corrected chi connectivity index (χ3v) is 6.28. The topological polar surface area (TPSA) is 104 Å². The van der Waals surface area contributed by atoms with Crippen molar-refractivity contribution in [3.63, 3.8) is 0 Å². The molecule has 2 rings (SSSR count). The lowest BCUT2D eigenvalue weighted by molar-refractivity contribution is -0.126. The van der Waals surface area contributed by atoms with Gasteiger partial charge in [0.1, 0.15) is 11.4 Å². The zero-order chi connectivity index (χ0) is 17.3. The first-order valence-corrected chi connectivity index (χ1v) is 8.79. The number of hydrogen-bond donors (Lipinski definition) is 1. The molecule has 1 fully saturated rings. The summed E-state index contributed by atoms with van der Waals surface area (Å²) in [5.74, 6) is -2.02. The number of nitrogens with zero attached hydrogens (tertiary/aromatic N) is 2. The molecule has 0 heterocycles. The average molecular weight is 339 g/mol. The molecule has 8 heteroatoms. The highest BCUT2D eigenvalue weighted by Gasteiger charge is 2.48. The molecular formula is C15H18FN3O3S. The van der Waals surface area contributed by atoms with Crippen LogP contribution in [0.4, 0.5) is 4.39 Å². The molecule has 6 nitrogen and oxygen atoms in total. The van der Waals surface area contributed by atoms with Crippen molar-refractivity contribution in [3.8, 4) is 6.07 Å². The number of nitriles is 1. The Balaban J connectivity index is 2.35. The van der Waals surface area contributed by atoms with Crippen molar-refractivity contribution in [2.75, 3.05) is 7.05 Å².